The number of aryl methyl sites for hydroxylation is 1. The number of carbonyl (C=O) groups is 2. The molecular formula is C24H26N2O4. The third kappa shape index (κ3) is 4.71. The van der Waals surface area contributed by atoms with Gasteiger partial charge in [0.1, 0.15) is 0 Å². The molecular weight excluding hydrogens is 380 g/mol. The van der Waals surface area contributed by atoms with Crippen LogP contribution in [0.2, 0.25) is 0 Å². The number of aromatic nitrogens is 1. The number of aromatic amines is 1. The monoisotopic (exact) mass is 406 g/mol. The quantitative estimate of drug-likeness (QED) is 0.608. The van der Waals surface area contributed by atoms with Crippen LogP contribution in [0.25, 0.3) is 10.9 Å². The maximum Gasteiger partial charge on any atom is 0.306 e. The summed E-state index contributed by atoms with van der Waals surface area (Å²) < 4.78 is 11.0. The molecule has 1 saturated heterocycles. The molecule has 4 rings (SSSR count). The number of para-hydroxylation sites is 1. The summed E-state index contributed by atoms with van der Waals surface area (Å²) in [5, 5.41) is 1.18. The van der Waals surface area contributed by atoms with Crippen LogP contribution in [-0.2, 0) is 25.5 Å². The number of rotatable bonds is 7. The van der Waals surface area contributed by atoms with Crippen LogP contribution in [-0.4, -0.2) is 48.1 Å². The summed E-state index contributed by atoms with van der Waals surface area (Å²) in [6.07, 6.45) is 2.77. The van der Waals surface area contributed by atoms with Gasteiger partial charge in [-0.05, 0) is 24.5 Å². The van der Waals surface area contributed by atoms with Gasteiger partial charge in [0.25, 0.3) is 5.91 Å². The highest BCUT2D eigenvalue weighted by Crippen LogP contribution is 2.23. The number of carbonyl (C=O) groups excluding carboxylic acids is 2. The van der Waals surface area contributed by atoms with Gasteiger partial charge in [0.15, 0.2) is 0 Å². The molecule has 0 unspecified atom stereocenters. The Morgan fingerprint density at radius 1 is 1.03 bits per heavy atom. The highest BCUT2D eigenvalue weighted by Gasteiger charge is 2.30. The van der Waals surface area contributed by atoms with Crippen LogP contribution in [0, 0.1) is 0 Å². The van der Waals surface area contributed by atoms with Crippen molar-refractivity contribution >= 4 is 22.8 Å². The first kappa shape index (κ1) is 20.2. The standard InChI is InChI=1S/C24H26N2O4/c27-22(12-6-9-19-17-25-21-11-5-4-10-20(19)21)30-23(18-7-2-1-3-8-18)24(28)26-13-15-29-16-14-26/h1-5,7-8,10-11,17,23,25H,6,9,12-16H2/t23-/m1/s1. The molecule has 0 radical (unpaired) electrons. The number of ether oxygens (including phenoxy) is 2. The Morgan fingerprint density at radius 2 is 1.77 bits per heavy atom. The zero-order chi connectivity index (χ0) is 20.8. The Labute approximate surface area is 175 Å². The van der Waals surface area contributed by atoms with Crippen molar-refractivity contribution in [3.63, 3.8) is 0 Å². The molecule has 2 heterocycles. The molecule has 0 aliphatic carbocycles. The first-order chi connectivity index (χ1) is 14.7. The van der Waals surface area contributed by atoms with Crippen LogP contribution in [0.1, 0.15) is 30.1 Å². The fraction of sp³-hybridized carbons (Fsp3) is 0.333. The van der Waals surface area contributed by atoms with Crippen molar-refractivity contribution in [1.29, 1.82) is 0 Å². The van der Waals surface area contributed by atoms with E-state index >= 15 is 0 Å². The summed E-state index contributed by atoms with van der Waals surface area (Å²) in [5.74, 6) is -0.542. The maximum absolute atomic E-state index is 13.0. The first-order valence-corrected chi connectivity index (χ1v) is 10.4. The van der Waals surface area contributed by atoms with Crippen molar-refractivity contribution in [2.75, 3.05) is 26.3 Å². The fourth-order valence-corrected chi connectivity index (χ4v) is 3.79. The first-order valence-electron chi connectivity index (χ1n) is 10.4. The summed E-state index contributed by atoms with van der Waals surface area (Å²) in [6, 6.07) is 17.3. The Balaban J connectivity index is 1.38. The molecule has 1 fully saturated rings. The Morgan fingerprint density at radius 3 is 2.57 bits per heavy atom. The van der Waals surface area contributed by atoms with Crippen LogP contribution < -0.4 is 0 Å². The molecule has 6 nitrogen and oxygen atoms in total. The minimum Gasteiger partial charge on any atom is -0.447 e. The highest BCUT2D eigenvalue weighted by molar-refractivity contribution is 5.85. The number of hydrogen-bond donors (Lipinski definition) is 1. The van der Waals surface area contributed by atoms with Crippen LogP contribution in [0.4, 0.5) is 0 Å². The van der Waals surface area contributed by atoms with Crippen molar-refractivity contribution < 1.29 is 19.1 Å². The molecule has 1 N–H and O–H groups in total. The lowest BCUT2D eigenvalue weighted by Gasteiger charge is -2.30. The molecule has 2 aromatic carbocycles. The lowest BCUT2D eigenvalue weighted by atomic mass is 10.1. The largest absolute Gasteiger partial charge is 0.447 e. The predicted molar refractivity (Wildman–Crippen MR) is 114 cm³/mol. The Kier molecular flexibility index (Phi) is 6.44. The number of nitrogens with one attached hydrogen (secondary N) is 1. The third-order valence-electron chi connectivity index (χ3n) is 5.40. The van der Waals surface area contributed by atoms with E-state index in [1.165, 1.54) is 10.9 Å². The van der Waals surface area contributed by atoms with Crippen molar-refractivity contribution in [2.24, 2.45) is 0 Å². The number of amides is 1. The van der Waals surface area contributed by atoms with Gasteiger partial charge in [-0.2, -0.15) is 0 Å². The van der Waals surface area contributed by atoms with E-state index in [0.717, 1.165) is 11.9 Å². The van der Waals surface area contributed by atoms with Gasteiger partial charge in [-0.25, -0.2) is 0 Å². The molecule has 1 aliphatic heterocycles. The van der Waals surface area contributed by atoms with Crippen LogP contribution in [0.3, 0.4) is 0 Å². The molecule has 1 atom stereocenters. The second-order valence-electron chi connectivity index (χ2n) is 7.43. The van der Waals surface area contributed by atoms with Crippen molar-refractivity contribution in [3.05, 3.63) is 71.9 Å². The third-order valence-corrected chi connectivity index (χ3v) is 5.40. The summed E-state index contributed by atoms with van der Waals surface area (Å²) in [7, 11) is 0. The van der Waals surface area contributed by atoms with Crippen LogP contribution >= 0.6 is 0 Å². The van der Waals surface area contributed by atoms with Crippen LogP contribution in [0.5, 0.6) is 0 Å². The van der Waals surface area contributed by atoms with Crippen LogP contribution in [0.15, 0.2) is 60.8 Å². The van der Waals surface area contributed by atoms with Crippen molar-refractivity contribution in [2.45, 2.75) is 25.4 Å². The molecule has 0 saturated carbocycles. The lowest BCUT2D eigenvalue weighted by Crippen LogP contribution is -2.44. The molecule has 6 heteroatoms. The summed E-state index contributed by atoms with van der Waals surface area (Å²) in [5.41, 5.74) is 2.97. The minimum atomic E-state index is -0.912. The number of benzene rings is 2. The molecule has 0 spiro atoms. The van der Waals surface area contributed by atoms with Gasteiger partial charge < -0.3 is 19.4 Å². The van der Waals surface area contributed by atoms with E-state index in [-0.39, 0.29) is 18.3 Å². The Hall–Kier alpha value is -3.12. The van der Waals surface area contributed by atoms with Gasteiger partial charge in [-0.3, -0.25) is 9.59 Å². The maximum atomic E-state index is 13.0. The van der Waals surface area contributed by atoms with Gasteiger partial charge in [-0.1, -0.05) is 48.5 Å². The van der Waals surface area contributed by atoms with E-state index in [2.05, 4.69) is 11.1 Å². The van der Waals surface area contributed by atoms with Gasteiger partial charge in [-0.15, -0.1) is 0 Å². The second-order valence-corrected chi connectivity index (χ2v) is 7.43. The molecule has 0 bridgehead atoms. The number of hydrogen-bond acceptors (Lipinski definition) is 4. The number of H-pyrrole nitrogens is 1. The van der Waals surface area contributed by atoms with E-state index in [1.54, 1.807) is 4.90 Å². The predicted octanol–water partition coefficient (Wildman–Crippen LogP) is 3.63. The van der Waals surface area contributed by atoms with Gasteiger partial charge in [0, 0.05) is 42.2 Å². The number of nitrogens with zero attached hydrogens (tertiary/aromatic N) is 1. The summed E-state index contributed by atoms with van der Waals surface area (Å²) in [6.45, 7) is 2.04. The minimum absolute atomic E-state index is 0.186. The van der Waals surface area contributed by atoms with E-state index in [9.17, 15) is 9.59 Å². The zero-order valence-corrected chi connectivity index (χ0v) is 16.9. The van der Waals surface area contributed by atoms with E-state index < -0.39 is 6.10 Å². The average molecular weight is 406 g/mol. The molecule has 1 aromatic heterocycles. The van der Waals surface area contributed by atoms with E-state index in [1.807, 2.05) is 54.7 Å². The van der Waals surface area contributed by atoms with E-state index in [4.69, 9.17) is 9.47 Å². The van der Waals surface area contributed by atoms with Gasteiger partial charge >= 0.3 is 5.97 Å². The summed E-state index contributed by atoms with van der Waals surface area (Å²) >= 11 is 0. The number of fused-ring (bicyclic) bond motifs is 1. The number of morpholine rings is 1. The van der Waals surface area contributed by atoms with Crippen molar-refractivity contribution in [3.8, 4) is 0 Å². The zero-order valence-electron chi connectivity index (χ0n) is 16.9. The SMILES string of the molecule is O=C(CCCc1c[nH]c2ccccc12)O[C@@H](C(=O)N1CCOCC1)c1ccccc1. The molecule has 30 heavy (non-hydrogen) atoms. The lowest BCUT2D eigenvalue weighted by molar-refractivity contribution is -0.162. The van der Waals surface area contributed by atoms with Gasteiger partial charge in [0.2, 0.25) is 6.10 Å². The van der Waals surface area contributed by atoms with Gasteiger partial charge in [0.05, 0.1) is 13.2 Å². The highest BCUT2D eigenvalue weighted by atomic mass is 16.5. The average Bonchev–Trinajstić information content (AvgIpc) is 3.21. The second kappa shape index (κ2) is 9.59. The topological polar surface area (TPSA) is 71.6 Å². The molecule has 3 aromatic rings. The number of esters is 1. The van der Waals surface area contributed by atoms with Crippen molar-refractivity contribution in [1.82, 2.24) is 9.88 Å². The smallest absolute Gasteiger partial charge is 0.306 e. The molecule has 156 valence electrons. The Bertz CT molecular complexity index is 993. The molecule has 1 amide bonds. The van der Waals surface area contributed by atoms with E-state index in [0.29, 0.717) is 38.3 Å². The fourth-order valence-electron chi connectivity index (χ4n) is 3.79. The normalized spacial score (nSPS) is 15.1. The summed E-state index contributed by atoms with van der Waals surface area (Å²) in [4.78, 5) is 30.6. The molecule has 1 aliphatic rings.